The van der Waals surface area contributed by atoms with Crippen LogP contribution < -0.4 is 5.32 Å². The number of hydrogen-bond acceptors (Lipinski definition) is 3. The summed E-state index contributed by atoms with van der Waals surface area (Å²) in [5.74, 6) is -0.143. The molecule has 0 radical (unpaired) electrons. The molecule has 0 saturated heterocycles. The molecule has 2 N–H and O–H groups in total. The third kappa shape index (κ3) is 2.98. The Kier molecular flexibility index (Phi) is 4.16. The highest BCUT2D eigenvalue weighted by Gasteiger charge is 2.10. The summed E-state index contributed by atoms with van der Waals surface area (Å²) in [5.41, 5.74) is 3.10. The monoisotopic (exact) mass is 325 g/mol. The molecule has 0 spiro atoms. The van der Waals surface area contributed by atoms with Gasteiger partial charge in [-0.3, -0.25) is 4.79 Å². The summed E-state index contributed by atoms with van der Waals surface area (Å²) in [6.45, 7) is 1.88. The van der Waals surface area contributed by atoms with E-state index in [1.807, 2.05) is 19.1 Å². The number of amides is 1. The summed E-state index contributed by atoms with van der Waals surface area (Å²) in [6, 6.07) is 7.29. The van der Waals surface area contributed by atoms with Crippen molar-refractivity contribution in [1.29, 1.82) is 0 Å². The van der Waals surface area contributed by atoms with Crippen LogP contribution in [0.2, 0.25) is 0 Å². The van der Waals surface area contributed by atoms with E-state index in [2.05, 4.69) is 21.2 Å². The highest BCUT2D eigenvalue weighted by Crippen LogP contribution is 2.23. The van der Waals surface area contributed by atoms with Crippen LogP contribution in [0.3, 0.4) is 0 Å². The van der Waals surface area contributed by atoms with Crippen molar-refractivity contribution >= 4 is 38.9 Å². The van der Waals surface area contributed by atoms with Gasteiger partial charge in [-0.05, 0) is 46.1 Å². The zero-order chi connectivity index (χ0) is 13.1. The van der Waals surface area contributed by atoms with Crippen molar-refractivity contribution in [3.63, 3.8) is 0 Å². The third-order valence-electron chi connectivity index (χ3n) is 2.56. The molecule has 0 aliphatic carbocycles. The Balaban J connectivity index is 2.21. The van der Waals surface area contributed by atoms with E-state index in [4.69, 9.17) is 5.11 Å². The Labute approximate surface area is 118 Å². The van der Waals surface area contributed by atoms with Crippen LogP contribution in [-0.4, -0.2) is 11.0 Å². The molecule has 0 saturated carbocycles. The number of nitrogens with one attached hydrogen (secondary N) is 1. The Bertz CT molecular complexity index is 580. The van der Waals surface area contributed by atoms with Crippen LogP contribution in [0.1, 0.15) is 21.5 Å². The molecule has 0 unspecified atom stereocenters. The molecule has 0 aliphatic heterocycles. The zero-order valence-corrected chi connectivity index (χ0v) is 12.1. The van der Waals surface area contributed by atoms with Crippen LogP contribution in [0.15, 0.2) is 33.4 Å². The van der Waals surface area contributed by atoms with Crippen LogP contribution >= 0.6 is 27.3 Å². The van der Waals surface area contributed by atoms with E-state index >= 15 is 0 Å². The van der Waals surface area contributed by atoms with Crippen molar-refractivity contribution in [1.82, 2.24) is 0 Å². The Hall–Kier alpha value is -1.17. The number of carbonyl (C=O) groups excluding carboxylic acids is 1. The predicted molar refractivity (Wildman–Crippen MR) is 77.1 cm³/mol. The van der Waals surface area contributed by atoms with Gasteiger partial charge in [-0.1, -0.05) is 12.1 Å². The van der Waals surface area contributed by atoms with Crippen LogP contribution in [0.4, 0.5) is 5.69 Å². The van der Waals surface area contributed by atoms with Crippen molar-refractivity contribution in [3.05, 3.63) is 50.1 Å². The van der Waals surface area contributed by atoms with E-state index < -0.39 is 0 Å². The number of rotatable bonds is 3. The fraction of sp³-hybridized carbons (Fsp3) is 0.154. The first-order valence-corrected chi connectivity index (χ1v) is 7.03. The lowest BCUT2D eigenvalue weighted by Crippen LogP contribution is -2.12. The summed E-state index contributed by atoms with van der Waals surface area (Å²) < 4.78 is 0.925. The van der Waals surface area contributed by atoms with Crippen LogP contribution in [0, 0.1) is 6.92 Å². The molecule has 0 fully saturated rings. The molecular weight excluding hydrogens is 314 g/mol. The first kappa shape index (κ1) is 13.3. The zero-order valence-electron chi connectivity index (χ0n) is 9.74. The molecule has 3 nitrogen and oxygen atoms in total. The second-order valence-electron chi connectivity index (χ2n) is 3.90. The molecule has 0 atom stereocenters. The number of benzene rings is 1. The Morgan fingerprint density at radius 2 is 2.22 bits per heavy atom. The number of carbonyl (C=O) groups is 1. The molecule has 0 bridgehead atoms. The van der Waals surface area contributed by atoms with Crippen molar-refractivity contribution in [2.75, 3.05) is 5.32 Å². The summed E-state index contributed by atoms with van der Waals surface area (Å²) in [7, 11) is 0. The lowest BCUT2D eigenvalue weighted by atomic mass is 10.1. The lowest BCUT2D eigenvalue weighted by molar-refractivity contribution is 0.102. The molecule has 18 heavy (non-hydrogen) atoms. The average molecular weight is 326 g/mol. The molecule has 1 amide bonds. The van der Waals surface area contributed by atoms with Crippen LogP contribution in [-0.2, 0) is 6.61 Å². The van der Waals surface area contributed by atoms with Gasteiger partial charge in [-0.25, -0.2) is 0 Å². The van der Waals surface area contributed by atoms with E-state index in [1.54, 1.807) is 17.5 Å². The van der Waals surface area contributed by atoms with E-state index in [-0.39, 0.29) is 12.5 Å². The Morgan fingerprint density at radius 3 is 2.83 bits per heavy atom. The molecular formula is C13H12BrNO2S. The minimum absolute atomic E-state index is 0.0346. The van der Waals surface area contributed by atoms with Crippen molar-refractivity contribution in [3.8, 4) is 0 Å². The number of thiophene rings is 1. The molecule has 2 aromatic rings. The Morgan fingerprint density at radius 1 is 1.44 bits per heavy atom. The second-order valence-corrected chi connectivity index (χ2v) is 6.19. The molecule has 0 aliphatic rings. The maximum Gasteiger partial charge on any atom is 0.256 e. The summed E-state index contributed by atoms with van der Waals surface area (Å²) >= 11 is 4.80. The minimum Gasteiger partial charge on any atom is -0.392 e. The second kappa shape index (κ2) is 5.65. The minimum atomic E-state index is -0.143. The van der Waals surface area contributed by atoms with Crippen molar-refractivity contribution in [2.45, 2.75) is 13.5 Å². The first-order valence-electron chi connectivity index (χ1n) is 5.36. The quantitative estimate of drug-likeness (QED) is 0.906. The summed E-state index contributed by atoms with van der Waals surface area (Å²) in [4.78, 5) is 12.0. The van der Waals surface area contributed by atoms with Gasteiger partial charge in [0.1, 0.15) is 0 Å². The van der Waals surface area contributed by atoms with E-state index in [1.165, 1.54) is 11.3 Å². The standard InChI is InChI=1S/C13H12BrNO2S/c1-8-2-3-9(6-16)4-11(8)15-13(17)10-5-12(14)18-7-10/h2-5,7,16H,6H2,1H3,(H,15,17). The van der Waals surface area contributed by atoms with Gasteiger partial charge in [0.05, 0.1) is 16.0 Å². The van der Waals surface area contributed by atoms with Gasteiger partial charge in [0, 0.05) is 11.1 Å². The highest BCUT2D eigenvalue weighted by atomic mass is 79.9. The largest absolute Gasteiger partial charge is 0.392 e. The van der Waals surface area contributed by atoms with Gasteiger partial charge in [-0.2, -0.15) is 0 Å². The van der Waals surface area contributed by atoms with Gasteiger partial charge in [0.2, 0.25) is 0 Å². The number of anilines is 1. The lowest BCUT2D eigenvalue weighted by Gasteiger charge is -2.09. The maximum absolute atomic E-state index is 12.0. The molecule has 1 heterocycles. The van der Waals surface area contributed by atoms with Gasteiger partial charge in [0.15, 0.2) is 0 Å². The van der Waals surface area contributed by atoms with Crippen molar-refractivity contribution in [2.24, 2.45) is 0 Å². The predicted octanol–water partition coefficient (Wildman–Crippen LogP) is 3.56. The summed E-state index contributed by atoms with van der Waals surface area (Å²) in [6.07, 6.45) is 0. The number of halogens is 1. The van der Waals surface area contributed by atoms with Gasteiger partial charge >= 0.3 is 0 Å². The summed E-state index contributed by atoms with van der Waals surface area (Å²) in [5, 5.41) is 13.7. The first-order chi connectivity index (χ1) is 8.60. The fourth-order valence-electron chi connectivity index (χ4n) is 1.53. The normalized spacial score (nSPS) is 10.4. The molecule has 5 heteroatoms. The van der Waals surface area contributed by atoms with Crippen molar-refractivity contribution < 1.29 is 9.90 Å². The fourth-order valence-corrected chi connectivity index (χ4v) is 2.66. The maximum atomic E-state index is 12.0. The third-order valence-corrected chi connectivity index (χ3v) is 4.07. The van der Waals surface area contributed by atoms with E-state index in [9.17, 15) is 4.79 Å². The average Bonchev–Trinajstić information content (AvgIpc) is 2.79. The van der Waals surface area contributed by atoms with Gasteiger partial charge < -0.3 is 10.4 Å². The highest BCUT2D eigenvalue weighted by molar-refractivity contribution is 9.11. The molecule has 1 aromatic carbocycles. The number of aliphatic hydroxyl groups excluding tert-OH is 1. The number of hydrogen-bond donors (Lipinski definition) is 2. The smallest absolute Gasteiger partial charge is 0.256 e. The van der Waals surface area contributed by atoms with Gasteiger partial charge in [0.25, 0.3) is 5.91 Å². The topological polar surface area (TPSA) is 49.3 Å². The van der Waals surface area contributed by atoms with E-state index in [0.29, 0.717) is 5.56 Å². The molecule has 1 aromatic heterocycles. The van der Waals surface area contributed by atoms with Crippen LogP contribution in [0.25, 0.3) is 0 Å². The van der Waals surface area contributed by atoms with Crippen LogP contribution in [0.5, 0.6) is 0 Å². The number of aliphatic hydroxyl groups is 1. The van der Waals surface area contributed by atoms with E-state index in [0.717, 1.165) is 20.6 Å². The van der Waals surface area contributed by atoms with Gasteiger partial charge in [-0.15, -0.1) is 11.3 Å². The SMILES string of the molecule is Cc1ccc(CO)cc1NC(=O)c1csc(Br)c1. The number of aryl methyl sites for hydroxylation is 1. The molecule has 94 valence electrons. The molecule has 2 rings (SSSR count).